The second-order valence-corrected chi connectivity index (χ2v) is 12.5. The van der Waals surface area contributed by atoms with E-state index in [-0.39, 0.29) is 30.1 Å². The first-order valence-electron chi connectivity index (χ1n) is 17.5. The summed E-state index contributed by atoms with van der Waals surface area (Å²) in [5.41, 5.74) is 12.5. The summed E-state index contributed by atoms with van der Waals surface area (Å²) in [6, 6.07) is 51.5. The molecule has 0 aliphatic carbocycles. The highest BCUT2D eigenvalue weighted by atomic mass is 16.6. The molecule has 0 fully saturated rings. The van der Waals surface area contributed by atoms with Crippen molar-refractivity contribution >= 4 is 23.4 Å². The summed E-state index contributed by atoms with van der Waals surface area (Å²) < 4.78 is 12.3. The molecule has 6 aromatic carbocycles. The number of nitrogens with two attached hydrogens (primary N) is 1. The van der Waals surface area contributed by atoms with Crippen molar-refractivity contribution in [3.05, 3.63) is 186 Å². The number of nitrogens with zero attached hydrogens (tertiary/aromatic N) is 5. The summed E-state index contributed by atoms with van der Waals surface area (Å²) in [6.45, 7) is 1.95. The second kappa shape index (κ2) is 15.7. The minimum absolute atomic E-state index is 0.0883. The van der Waals surface area contributed by atoms with Crippen LogP contribution in [0.3, 0.4) is 0 Å². The van der Waals surface area contributed by atoms with Gasteiger partial charge >= 0.3 is 12.1 Å². The van der Waals surface area contributed by atoms with Crippen LogP contribution in [0.2, 0.25) is 0 Å². The van der Waals surface area contributed by atoms with Crippen molar-refractivity contribution in [2.24, 2.45) is 0 Å². The molecule has 0 atom stereocenters. The lowest BCUT2D eigenvalue weighted by Crippen LogP contribution is -2.39. The first-order chi connectivity index (χ1) is 26.5. The first kappa shape index (κ1) is 35.3. The van der Waals surface area contributed by atoms with Gasteiger partial charge in [0.15, 0.2) is 5.82 Å². The van der Waals surface area contributed by atoms with Crippen LogP contribution in [0.15, 0.2) is 158 Å². The zero-order chi connectivity index (χ0) is 37.5. The number of esters is 1. The van der Waals surface area contributed by atoms with E-state index in [0.717, 1.165) is 38.9 Å². The summed E-state index contributed by atoms with van der Waals surface area (Å²) >= 11 is 0. The van der Waals surface area contributed by atoms with Gasteiger partial charge in [-0.3, -0.25) is 4.90 Å². The van der Waals surface area contributed by atoms with E-state index in [1.54, 1.807) is 25.1 Å². The number of carbonyl (C=O) groups excluding carboxylic acids is 2. The van der Waals surface area contributed by atoms with Crippen LogP contribution in [-0.2, 0) is 21.6 Å². The first-order valence-corrected chi connectivity index (χ1v) is 17.5. The second-order valence-electron chi connectivity index (χ2n) is 12.5. The number of hydrogen-bond donors (Lipinski definition) is 1. The maximum atomic E-state index is 13.3. The Morgan fingerprint density at radius 2 is 1.26 bits per heavy atom. The number of tetrazole rings is 1. The van der Waals surface area contributed by atoms with E-state index in [9.17, 15) is 9.59 Å². The Morgan fingerprint density at radius 3 is 1.81 bits per heavy atom. The number of amides is 1. The third-order valence-electron chi connectivity index (χ3n) is 9.37. The van der Waals surface area contributed by atoms with Crippen molar-refractivity contribution in [3.63, 3.8) is 0 Å². The molecule has 1 aromatic heterocycles. The number of aromatic nitrogens is 4. The largest absolute Gasteiger partial charge is 0.465 e. The maximum absolute atomic E-state index is 13.3. The van der Waals surface area contributed by atoms with Gasteiger partial charge in [0.2, 0.25) is 0 Å². The number of ether oxygens (including phenoxy) is 2. The molecular weight excluding hydrogens is 677 g/mol. The van der Waals surface area contributed by atoms with Crippen LogP contribution >= 0.6 is 0 Å². The molecule has 54 heavy (non-hydrogen) atoms. The van der Waals surface area contributed by atoms with Gasteiger partial charge in [0.1, 0.15) is 5.54 Å². The van der Waals surface area contributed by atoms with E-state index in [2.05, 4.69) is 46.7 Å². The van der Waals surface area contributed by atoms with E-state index < -0.39 is 17.6 Å². The fourth-order valence-corrected chi connectivity index (χ4v) is 6.96. The fourth-order valence-electron chi connectivity index (χ4n) is 6.96. The summed E-state index contributed by atoms with van der Waals surface area (Å²) in [6.07, 6.45) is -0.638. The maximum Gasteiger partial charge on any atom is 0.414 e. The van der Waals surface area contributed by atoms with Crippen molar-refractivity contribution in [2.45, 2.75) is 19.0 Å². The Kier molecular flexibility index (Phi) is 10.3. The van der Waals surface area contributed by atoms with E-state index in [1.807, 2.05) is 108 Å². The third kappa shape index (κ3) is 6.56. The van der Waals surface area contributed by atoms with E-state index in [0.29, 0.717) is 5.82 Å². The minimum atomic E-state index is -0.918. The Hall–Kier alpha value is -7.07. The lowest BCUT2D eigenvalue weighted by Gasteiger charge is -2.36. The van der Waals surface area contributed by atoms with Crippen LogP contribution in [-0.4, -0.2) is 46.0 Å². The zero-order valence-corrected chi connectivity index (χ0v) is 29.9. The number of carbonyl (C=O) groups is 2. The number of methoxy groups -OCH3 is 1. The molecule has 0 unspecified atom stereocenters. The Balaban J connectivity index is 1.32. The van der Waals surface area contributed by atoms with Crippen molar-refractivity contribution in [1.29, 1.82) is 0 Å². The number of rotatable bonds is 11. The highest BCUT2D eigenvalue weighted by Crippen LogP contribution is 2.43. The SMILES string of the molecule is CCOC(=O)N(Cc1ccc(-c2ccccc2-c2nnnn2C(c2ccccc2)(c2ccccc2)c2ccccc2)cc1)c1c(N)cccc1C(=O)OC. The summed E-state index contributed by atoms with van der Waals surface area (Å²) in [5.74, 6) is -0.0358. The van der Waals surface area contributed by atoms with Gasteiger partial charge in [0, 0.05) is 5.56 Å². The molecule has 10 heteroatoms. The molecule has 268 valence electrons. The van der Waals surface area contributed by atoms with Crippen molar-refractivity contribution < 1.29 is 19.1 Å². The fraction of sp³-hybridized carbons (Fsp3) is 0.114. The molecular formula is C44H38N6O4. The van der Waals surface area contributed by atoms with E-state index >= 15 is 0 Å². The highest BCUT2D eigenvalue weighted by molar-refractivity contribution is 6.04. The minimum Gasteiger partial charge on any atom is -0.465 e. The molecule has 0 aliphatic rings. The quantitative estimate of drug-likeness (QED) is 0.0805. The molecule has 1 heterocycles. The lowest BCUT2D eigenvalue weighted by molar-refractivity contribution is 0.0601. The molecule has 0 saturated heterocycles. The topological polar surface area (TPSA) is 125 Å². The monoisotopic (exact) mass is 714 g/mol. The number of anilines is 2. The molecule has 0 spiro atoms. The molecule has 0 saturated carbocycles. The van der Waals surface area contributed by atoms with Gasteiger partial charge in [0.25, 0.3) is 0 Å². The predicted octanol–water partition coefficient (Wildman–Crippen LogP) is 8.38. The van der Waals surface area contributed by atoms with Gasteiger partial charge < -0.3 is 15.2 Å². The van der Waals surface area contributed by atoms with Gasteiger partial charge in [-0.25, -0.2) is 14.3 Å². The smallest absolute Gasteiger partial charge is 0.414 e. The normalized spacial score (nSPS) is 11.1. The average Bonchev–Trinajstić information content (AvgIpc) is 3.72. The third-order valence-corrected chi connectivity index (χ3v) is 9.37. The standard InChI is InChI=1S/C44H38N6O4/c1-3-54-43(52)49(40-38(42(51)53-2)24-15-25-39(40)45)30-31-26-28-32(29-27-31)36-22-13-14-23-37(36)41-46-47-48-50(41)44(33-16-7-4-8-17-33,34-18-9-5-10-19-34)35-20-11-6-12-21-35/h4-29H,3,30,45H2,1-2H3. The van der Waals surface area contributed by atoms with Gasteiger partial charge in [-0.1, -0.05) is 146 Å². The van der Waals surface area contributed by atoms with Gasteiger partial charge in [-0.15, -0.1) is 5.10 Å². The Morgan fingerprint density at radius 1 is 0.704 bits per heavy atom. The van der Waals surface area contributed by atoms with Crippen LogP contribution < -0.4 is 10.6 Å². The van der Waals surface area contributed by atoms with Gasteiger partial charge in [0.05, 0.1) is 37.2 Å². The van der Waals surface area contributed by atoms with Gasteiger partial charge in [-0.05, 0) is 62.9 Å². The molecule has 0 aliphatic heterocycles. The van der Waals surface area contributed by atoms with Crippen molar-refractivity contribution in [3.8, 4) is 22.5 Å². The molecule has 1 amide bonds. The van der Waals surface area contributed by atoms with Crippen LogP contribution in [0.4, 0.5) is 16.2 Å². The molecule has 0 bridgehead atoms. The molecule has 10 nitrogen and oxygen atoms in total. The molecule has 7 aromatic rings. The summed E-state index contributed by atoms with van der Waals surface area (Å²) in [7, 11) is 1.28. The van der Waals surface area contributed by atoms with Crippen molar-refractivity contribution in [2.75, 3.05) is 24.4 Å². The number of para-hydroxylation sites is 1. The average molecular weight is 715 g/mol. The van der Waals surface area contributed by atoms with Crippen LogP contribution in [0.5, 0.6) is 0 Å². The number of nitrogen functional groups attached to an aromatic ring is 1. The van der Waals surface area contributed by atoms with Gasteiger partial charge in [-0.2, -0.15) is 0 Å². The number of hydrogen-bond acceptors (Lipinski definition) is 8. The van der Waals surface area contributed by atoms with Crippen LogP contribution in [0, 0.1) is 0 Å². The molecule has 7 rings (SSSR count). The number of benzene rings is 6. The van der Waals surface area contributed by atoms with Crippen molar-refractivity contribution in [1.82, 2.24) is 20.2 Å². The summed E-state index contributed by atoms with van der Waals surface area (Å²) in [4.78, 5) is 27.4. The Bertz CT molecular complexity index is 2270. The summed E-state index contributed by atoms with van der Waals surface area (Å²) in [5, 5.41) is 13.7. The highest BCUT2D eigenvalue weighted by Gasteiger charge is 2.42. The Labute approximate surface area is 313 Å². The lowest BCUT2D eigenvalue weighted by atomic mass is 9.77. The van der Waals surface area contributed by atoms with Crippen LogP contribution in [0.1, 0.15) is 39.5 Å². The molecule has 2 N–H and O–H groups in total. The van der Waals surface area contributed by atoms with E-state index in [4.69, 9.17) is 20.4 Å². The van der Waals surface area contributed by atoms with Crippen LogP contribution in [0.25, 0.3) is 22.5 Å². The zero-order valence-electron chi connectivity index (χ0n) is 29.9. The molecule has 0 radical (unpaired) electrons. The predicted molar refractivity (Wildman–Crippen MR) is 209 cm³/mol. The van der Waals surface area contributed by atoms with E-state index in [1.165, 1.54) is 12.0 Å².